The standard InChI is InChI=1S/C9H12N4S/c1-7(8-4-12-13-5-8)11-6-9-10-2-3-14-9/h2-5,7,11H,6H2,1H3,(H,12,13). The van der Waals surface area contributed by atoms with E-state index < -0.39 is 0 Å². The average molecular weight is 208 g/mol. The molecule has 0 aromatic carbocycles. The molecule has 0 radical (unpaired) electrons. The zero-order valence-electron chi connectivity index (χ0n) is 7.90. The van der Waals surface area contributed by atoms with Gasteiger partial charge < -0.3 is 5.32 Å². The molecular formula is C9H12N4S. The van der Waals surface area contributed by atoms with Crippen LogP contribution in [0.3, 0.4) is 0 Å². The Morgan fingerprint density at radius 3 is 3.21 bits per heavy atom. The maximum atomic E-state index is 4.20. The van der Waals surface area contributed by atoms with Crippen LogP contribution in [0.4, 0.5) is 0 Å². The van der Waals surface area contributed by atoms with Gasteiger partial charge in [0.25, 0.3) is 0 Å². The summed E-state index contributed by atoms with van der Waals surface area (Å²) in [4.78, 5) is 4.20. The molecule has 0 saturated heterocycles. The van der Waals surface area contributed by atoms with E-state index in [1.54, 1.807) is 11.3 Å². The molecule has 0 fully saturated rings. The predicted octanol–water partition coefficient (Wildman–Crippen LogP) is 1.72. The number of aromatic nitrogens is 3. The van der Waals surface area contributed by atoms with Crippen LogP contribution in [0.2, 0.25) is 0 Å². The van der Waals surface area contributed by atoms with Crippen molar-refractivity contribution in [3.05, 3.63) is 34.5 Å². The molecule has 0 aliphatic carbocycles. The lowest BCUT2D eigenvalue weighted by Crippen LogP contribution is -2.17. The van der Waals surface area contributed by atoms with E-state index in [2.05, 4.69) is 27.4 Å². The minimum atomic E-state index is 0.303. The van der Waals surface area contributed by atoms with Gasteiger partial charge in [-0.25, -0.2) is 4.98 Å². The van der Waals surface area contributed by atoms with Crippen LogP contribution in [-0.4, -0.2) is 15.2 Å². The van der Waals surface area contributed by atoms with Crippen molar-refractivity contribution in [2.24, 2.45) is 0 Å². The van der Waals surface area contributed by atoms with Gasteiger partial charge in [0.1, 0.15) is 5.01 Å². The average Bonchev–Trinajstić information content (AvgIpc) is 2.87. The third-order valence-corrected chi connectivity index (χ3v) is 2.84. The lowest BCUT2D eigenvalue weighted by atomic mass is 10.2. The molecule has 5 heteroatoms. The molecule has 0 aliphatic heterocycles. The van der Waals surface area contributed by atoms with Crippen molar-refractivity contribution in [2.75, 3.05) is 0 Å². The van der Waals surface area contributed by atoms with E-state index in [9.17, 15) is 0 Å². The van der Waals surface area contributed by atoms with Crippen molar-refractivity contribution in [1.29, 1.82) is 0 Å². The third kappa shape index (κ3) is 2.18. The van der Waals surface area contributed by atoms with Crippen molar-refractivity contribution in [2.45, 2.75) is 19.5 Å². The second-order valence-corrected chi connectivity index (χ2v) is 4.04. The number of thiazole rings is 1. The fraction of sp³-hybridized carbons (Fsp3) is 0.333. The van der Waals surface area contributed by atoms with Crippen molar-refractivity contribution < 1.29 is 0 Å². The summed E-state index contributed by atoms with van der Waals surface area (Å²) in [5, 5.41) is 13.2. The van der Waals surface area contributed by atoms with E-state index >= 15 is 0 Å². The summed E-state index contributed by atoms with van der Waals surface area (Å²) in [5.74, 6) is 0. The first-order valence-corrected chi connectivity index (χ1v) is 5.34. The highest BCUT2D eigenvalue weighted by Crippen LogP contribution is 2.11. The molecule has 2 N–H and O–H groups in total. The van der Waals surface area contributed by atoms with Crippen molar-refractivity contribution in [3.8, 4) is 0 Å². The van der Waals surface area contributed by atoms with Crippen LogP contribution < -0.4 is 5.32 Å². The Labute approximate surface area is 86.4 Å². The Kier molecular flexibility index (Phi) is 2.90. The zero-order chi connectivity index (χ0) is 9.80. The number of nitrogens with one attached hydrogen (secondary N) is 2. The normalized spacial score (nSPS) is 12.9. The molecular weight excluding hydrogens is 196 g/mol. The molecule has 1 atom stereocenters. The summed E-state index contributed by atoms with van der Waals surface area (Å²) in [7, 11) is 0. The molecule has 0 amide bonds. The summed E-state index contributed by atoms with van der Waals surface area (Å²) in [6, 6.07) is 0.303. The summed E-state index contributed by atoms with van der Waals surface area (Å²) < 4.78 is 0. The van der Waals surface area contributed by atoms with Crippen molar-refractivity contribution >= 4 is 11.3 Å². The van der Waals surface area contributed by atoms with Crippen LogP contribution in [0.25, 0.3) is 0 Å². The maximum absolute atomic E-state index is 4.20. The molecule has 0 bridgehead atoms. The number of hydrogen-bond donors (Lipinski definition) is 2. The van der Waals surface area contributed by atoms with Gasteiger partial charge in [0, 0.05) is 35.9 Å². The summed E-state index contributed by atoms with van der Waals surface area (Å²) >= 11 is 1.67. The third-order valence-electron chi connectivity index (χ3n) is 2.06. The Morgan fingerprint density at radius 2 is 2.57 bits per heavy atom. The van der Waals surface area contributed by atoms with E-state index in [-0.39, 0.29) is 0 Å². The number of nitrogens with zero attached hydrogens (tertiary/aromatic N) is 2. The second-order valence-electron chi connectivity index (χ2n) is 3.06. The summed E-state index contributed by atoms with van der Waals surface area (Å²) in [6.07, 6.45) is 5.56. The molecule has 2 aromatic rings. The van der Waals surface area contributed by atoms with E-state index in [1.807, 2.05) is 24.0 Å². The SMILES string of the molecule is CC(NCc1nccs1)c1cn[nH]c1. The Morgan fingerprint density at radius 1 is 1.64 bits per heavy atom. The molecule has 1 unspecified atom stereocenters. The molecule has 14 heavy (non-hydrogen) atoms. The molecule has 4 nitrogen and oxygen atoms in total. The largest absolute Gasteiger partial charge is 0.304 e. The minimum Gasteiger partial charge on any atom is -0.304 e. The molecule has 2 rings (SSSR count). The number of aromatic amines is 1. The maximum Gasteiger partial charge on any atom is 0.106 e. The van der Waals surface area contributed by atoms with Gasteiger partial charge in [-0.15, -0.1) is 11.3 Å². The topological polar surface area (TPSA) is 53.6 Å². The summed E-state index contributed by atoms with van der Waals surface area (Å²) in [5.41, 5.74) is 1.17. The van der Waals surface area contributed by atoms with E-state index in [0.717, 1.165) is 11.6 Å². The van der Waals surface area contributed by atoms with Crippen LogP contribution in [0, 0.1) is 0 Å². The van der Waals surface area contributed by atoms with Gasteiger partial charge in [-0.1, -0.05) is 0 Å². The van der Waals surface area contributed by atoms with Crippen LogP contribution in [0.1, 0.15) is 23.5 Å². The first kappa shape index (κ1) is 9.36. The van der Waals surface area contributed by atoms with E-state index in [1.165, 1.54) is 5.56 Å². The Bertz CT molecular complexity index is 354. The Hall–Kier alpha value is -1.20. The van der Waals surface area contributed by atoms with Gasteiger partial charge in [-0.2, -0.15) is 5.10 Å². The first-order chi connectivity index (χ1) is 6.86. The zero-order valence-corrected chi connectivity index (χ0v) is 8.71. The number of hydrogen-bond acceptors (Lipinski definition) is 4. The lowest BCUT2D eigenvalue weighted by molar-refractivity contribution is 0.573. The second kappa shape index (κ2) is 4.34. The molecule has 2 aromatic heterocycles. The monoisotopic (exact) mass is 208 g/mol. The van der Waals surface area contributed by atoms with Crippen LogP contribution in [0.15, 0.2) is 24.0 Å². The quantitative estimate of drug-likeness (QED) is 0.804. The van der Waals surface area contributed by atoms with Crippen LogP contribution in [-0.2, 0) is 6.54 Å². The van der Waals surface area contributed by atoms with Crippen molar-refractivity contribution in [1.82, 2.24) is 20.5 Å². The molecule has 0 spiro atoms. The predicted molar refractivity (Wildman–Crippen MR) is 56.0 cm³/mol. The van der Waals surface area contributed by atoms with Gasteiger partial charge in [-0.3, -0.25) is 5.10 Å². The highest BCUT2D eigenvalue weighted by atomic mass is 32.1. The fourth-order valence-electron chi connectivity index (χ4n) is 1.20. The van der Waals surface area contributed by atoms with E-state index in [0.29, 0.717) is 6.04 Å². The Balaban J connectivity index is 1.87. The molecule has 0 aliphatic rings. The highest BCUT2D eigenvalue weighted by Gasteiger charge is 2.05. The molecule has 2 heterocycles. The van der Waals surface area contributed by atoms with Gasteiger partial charge >= 0.3 is 0 Å². The van der Waals surface area contributed by atoms with Crippen molar-refractivity contribution in [3.63, 3.8) is 0 Å². The van der Waals surface area contributed by atoms with Crippen LogP contribution >= 0.6 is 11.3 Å². The number of rotatable bonds is 4. The van der Waals surface area contributed by atoms with Gasteiger partial charge in [-0.05, 0) is 6.92 Å². The molecule has 74 valence electrons. The molecule has 0 saturated carbocycles. The minimum absolute atomic E-state index is 0.303. The van der Waals surface area contributed by atoms with Gasteiger partial charge in [0.2, 0.25) is 0 Å². The lowest BCUT2D eigenvalue weighted by Gasteiger charge is -2.09. The first-order valence-electron chi connectivity index (χ1n) is 4.46. The fourth-order valence-corrected chi connectivity index (χ4v) is 1.76. The van der Waals surface area contributed by atoms with Gasteiger partial charge in [0.15, 0.2) is 0 Å². The summed E-state index contributed by atoms with van der Waals surface area (Å²) in [6.45, 7) is 2.92. The van der Waals surface area contributed by atoms with Crippen LogP contribution in [0.5, 0.6) is 0 Å². The smallest absolute Gasteiger partial charge is 0.106 e. The number of H-pyrrole nitrogens is 1. The highest BCUT2D eigenvalue weighted by molar-refractivity contribution is 7.09. The van der Waals surface area contributed by atoms with E-state index in [4.69, 9.17) is 0 Å². The van der Waals surface area contributed by atoms with Gasteiger partial charge in [0.05, 0.1) is 6.20 Å².